The standard InChI is InChI=1S/C42H69NO5/c1-13-37(6,7)43-32(44)24-42-21-16-27(26(2)3)34(42)28-14-15-30-39(10)19-18-31(48-33(45)25-36(4,5)35(46)47)38(8,9)29(39)17-20-41(30,12)40(28,11)22-23-42/h27-31,34H,2,13-25H2,1,3-12H3,(H,43,44)(H,46,47)/t27-,28+,29-,30+,31-,34+,39-,40+,41+,42+/m0/s1. The van der Waals surface area contributed by atoms with Crippen LogP contribution in [-0.2, 0) is 19.1 Å². The Morgan fingerprint density at radius 2 is 1.52 bits per heavy atom. The summed E-state index contributed by atoms with van der Waals surface area (Å²) in [6.45, 7) is 28.9. The summed E-state index contributed by atoms with van der Waals surface area (Å²) in [7, 11) is 0. The number of ether oxygens (including phenoxy) is 1. The molecule has 0 radical (unpaired) electrons. The molecule has 48 heavy (non-hydrogen) atoms. The third-order valence-electron chi connectivity index (χ3n) is 16.5. The predicted octanol–water partition coefficient (Wildman–Crippen LogP) is 9.75. The SMILES string of the molecule is C=C(C)[C@@H]1CC[C@]2(CC(=O)NC(C)(C)CC)CC[C@]3(C)[C@H](CC[C@@H]4[C@@]5(C)CC[C@H](OC(=O)CC(C)(C)C(=O)O)C(C)(C)[C@@H]5CC[C@]43C)[C@@H]12. The van der Waals surface area contributed by atoms with Gasteiger partial charge in [0.05, 0.1) is 11.8 Å². The molecular formula is C42H69NO5. The highest BCUT2D eigenvalue weighted by Crippen LogP contribution is 2.78. The van der Waals surface area contributed by atoms with Crippen LogP contribution in [0, 0.1) is 62.1 Å². The first-order valence-corrected chi connectivity index (χ1v) is 19.4. The number of hydrogen-bond donors (Lipinski definition) is 2. The minimum Gasteiger partial charge on any atom is -0.481 e. The van der Waals surface area contributed by atoms with Crippen LogP contribution in [0.3, 0.4) is 0 Å². The van der Waals surface area contributed by atoms with E-state index in [0.29, 0.717) is 36.0 Å². The van der Waals surface area contributed by atoms with Gasteiger partial charge in [0.15, 0.2) is 0 Å². The number of nitrogens with one attached hydrogen (secondary N) is 1. The van der Waals surface area contributed by atoms with Crippen LogP contribution in [0.15, 0.2) is 12.2 Å². The van der Waals surface area contributed by atoms with Crippen LogP contribution in [-0.4, -0.2) is 34.6 Å². The molecule has 0 unspecified atom stereocenters. The van der Waals surface area contributed by atoms with E-state index in [4.69, 9.17) is 4.74 Å². The first kappa shape index (κ1) is 37.4. The van der Waals surface area contributed by atoms with Gasteiger partial charge in [0.1, 0.15) is 6.10 Å². The van der Waals surface area contributed by atoms with Gasteiger partial charge in [0.2, 0.25) is 5.91 Å². The second-order valence-corrected chi connectivity index (χ2v) is 20.2. The fraction of sp³-hybridized carbons (Fsp3) is 0.881. The molecule has 2 N–H and O–H groups in total. The summed E-state index contributed by atoms with van der Waals surface area (Å²) in [5.74, 6) is 1.49. The van der Waals surface area contributed by atoms with E-state index in [1.54, 1.807) is 13.8 Å². The molecule has 5 saturated carbocycles. The van der Waals surface area contributed by atoms with E-state index in [9.17, 15) is 19.5 Å². The fourth-order valence-electron chi connectivity index (χ4n) is 13.2. The van der Waals surface area contributed by atoms with Gasteiger partial charge in [-0.3, -0.25) is 14.4 Å². The Hall–Kier alpha value is -1.85. The number of aliphatic carboxylic acids is 1. The van der Waals surface area contributed by atoms with Crippen molar-refractivity contribution in [3.8, 4) is 0 Å². The normalized spacial score (nSPS) is 42.0. The van der Waals surface area contributed by atoms with E-state index in [1.165, 1.54) is 31.3 Å². The Morgan fingerprint density at radius 3 is 2.12 bits per heavy atom. The van der Waals surface area contributed by atoms with Crippen molar-refractivity contribution in [3.63, 3.8) is 0 Å². The summed E-state index contributed by atoms with van der Waals surface area (Å²) in [5, 5.41) is 13.0. The lowest BCUT2D eigenvalue weighted by Gasteiger charge is -2.73. The topological polar surface area (TPSA) is 92.7 Å². The molecule has 5 aliphatic carbocycles. The maximum absolute atomic E-state index is 13.7. The number of carboxylic acid groups (broad SMARTS) is 1. The minimum atomic E-state index is -1.14. The number of carbonyl (C=O) groups is 3. The Bertz CT molecular complexity index is 1310. The monoisotopic (exact) mass is 668 g/mol. The number of carbonyl (C=O) groups excluding carboxylic acids is 2. The minimum absolute atomic E-state index is 0.0606. The van der Waals surface area contributed by atoms with Crippen molar-refractivity contribution in [1.82, 2.24) is 5.32 Å². The number of esters is 1. The largest absolute Gasteiger partial charge is 0.481 e. The number of allylic oxidation sites excluding steroid dienone is 1. The second kappa shape index (κ2) is 12.1. The van der Waals surface area contributed by atoms with Gasteiger partial charge >= 0.3 is 11.9 Å². The van der Waals surface area contributed by atoms with Crippen molar-refractivity contribution < 1.29 is 24.2 Å². The van der Waals surface area contributed by atoms with Crippen LogP contribution in [0.4, 0.5) is 0 Å². The number of hydrogen-bond acceptors (Lipinski definition) is 4. The lowest BCUT2D eigenvalue weighted by molar-refractivity contribution is -0.250. The van der Waals surface area contributed by atoms with Gasteiger partial charge in [0, 0.05) is 17.4 Å². The Balaban J connectivity index is 1.41. The van der Waals surface area contributed by atoms with Gasteiger partial charge in [-0.1, -0.05) is 53.7 Å². The van der Waals surface area contributed by atoms with Gasteiger partial charge in [-0.2, -0.15) is 0 Å². The zero-order valence-corrected chi connectivity index (χ0v) is 32.4. The average Bonchev–Trinajstić information content (AvgIpc) is 3.33. The van der Waals surface area contributed by atoms with Crippen molar-refractivity contribution >= 4 is 17.8 Å². The second-order valence-electron chi connectivity index (χ2n) is 20.2. The molecule has 1 amide bonds. The van der Waals surface area contributed by atoms with Gasteiger partial charge in [-0.05, 0) is 156 Å². The Morgan fingerprint density at radius 1 is 0.854 bits per heavy atom. The van der Waals surface area contributed by atoms with E-state index in [-0.39, 0.29) is 57.0 Å². The molecule has 0 aliphatic heterocycles. The first-order valence-electron chi connectivity index (χ1n) is 19.4. The third-order valence-corrected chi connectivity index (χ3v) is 16.5. The van der Waals surface area contributed by atoms with Crippen LogP contribution in [0.5, 0.6) is 0 Å². The van der Waals surface area contributed by atoms with Crippen LogP contribution in [0.2, 0.25) is 0 Å². The smallest absolute Gasteiger partial charge is 0.309 e. The van der Waals surface area contributed by atoms with Crippen molar-refractivity contribution in [2.75, 3.05) is 0 Å². The Kier molecular flexibility index (Phi) is 9.46. The van der Waals surface area contributed by atoms with Crippen LogP contribution in [0.1, 0.15) is 160 Å². The zero-order chi connectivity index (χ0) is 35.9. The number of rotatable bonds is 9. The molecule has 10 atom stereocenters. The molecule has 5 aliphatic rings. The van der Waals surface area contributed by atoms with Gasteiger partial charge in [0.25, 0.3) is 0 Å². The summed E-state index contributed by atoms with van der Waals surface area (Å²) in [4.78, 5) is 38.5. The zero-order valence-electron chi connectivity index (χ0n) is 32.4. The molecule has 6 nitrogen and oxygen atoms in total. The summed E-state index contributed by atoms with van der Waals surface area (Å²) in [5.41, 5.74) is 0.414. The van der Waals surface area contributed by atoms with Gasteiger partial charge in [-0.15, -0.1) is 0 Å². The van der Waals surface area contributed by atoms with Crippen LogP contribution in [0.25, 0.3) is 0 Å². The molecular weight excluding hydrogens is 598 g/mol. The molecule has 0 heterocycles. The molecule has 0 aromatic carbocycles. The van der Waals surface area contributed by atoms with Crippen LogP contribution < -0.4 is 5.32 Å². The van der Waals surface area contributed by atoms with E-state index in [1.807, 2.05) is 0 Å². The average molecular weight is 668 g/mol. The number of carboxylic acids is 1. The molecule has 0 aromatic heterocycles. The van der Waals surface area contributed by atoms with Crippen LogP contribution >= 0.6 is 0 Å². The third kappa shape index (κ3) is 5.79. The van der Waals surface area contributed by atoms with Crippen molar-refractivity contribution in [2.45, 2.75) is 171 Å². The maximum atomic E-state index is 13.7. The molecule has 0 bridgehead atoms. The highest BCUT2D eigenvalue weighted by atomic mass is 16.5. The molecule has 6 heteroatoms. The van der Waals surface area contributed by atoms with Gasteiger partial charge in [-0.25, -0.2) is 0 Å². The Labute approximate surface area is 292 Å². The molecule has 5 rings (SSSR count). The highest BCUT2D eigenvalue weighted by molar-refractivity contribution is 5.81. The number of amides is 1. The summed E-state index contributed by atoms with van der Waals surface area (Å²) in [6, 6.07) is 0. The van der Waals surface area contributed by atoms with E-state index >= 15 is 0 Å². The first-order chi connectivity index (χ1) is 22.0. The predicted molar refractivity (Wildman–Crippen MR) is 192 cm³/mol. The summed E-state index contributed by atoms with van der Waals surface area (Å²) >= 11 is 0. The van der Waals surface area contributed by atoms with E-state index in [2.05, 4.69) is 74.2 Å². The summed E-state index contributed by atoms with van der Waals surface area (Å²) in [6.07, 6.45) is 12.5. The molecule has 0 spiro atoms. The van der Waals surface area contributed by atoms with Crippen molar-refractivity contribution in [3.05, 3.63) is 12.2 Å². The maximum Gasteiger partial charge on any atom is 0.309 e. The molecule has 5 fully saturated rings. The van der Waals surface area contributed by atoms with E-state index < -0.39 is 11.4 Å². The fourth-order valence-corrected chi connectivity index (χ4v) is 13.2. The van der Waals surface area contributed by atoms with Crippen molar-refractivity contribution in [2.24, 2.45) is 62.1 Å². The molecule has 272 valence electrons. The van der Waals surface area contributed by atoms with E-state index in [0.717, 1.165) is 44.9 Å². The quantitative estimate of drug-likeness (QED) is 0.189. The lowest BCUT2D eigenvalue weighted by atomic mass is 9.32. The molecule has 0 saturated heterocycles. The highest BCUT2D eigenvalue weighted by Gasteiger charge is 2.71. The summed E-state index contributed by atoms with van der Waals surface area (Å²) < 4.78 is 6.17. The van der Waals surface area contributed by atoms with Crippen molar-refractivity contribution in [1.29, 1.82) is 0 Å². The number of fused-ring (bicyclic) bond motifs is 7. The van der Waals surface area contributed by atoms with Gasteiger partial charge < -0.3 is 15.2 Å². The lowest BCUT2D eigenvalue weighted by Crippen LogP contribution is -2.67. The molecule has 0 aromatic rings.